The Morgan fingerprint density at radius 3 is 2.22 bits per heavy atom. The summed E-state index contributed by atoms with van der Waals surface area (Å²) in [4.78, 5) is 0. The fraction of sp³-hybridized carbons (Fsp3) is 0.467. The molecule has 1 aliphatic heterocycles. The van der Waals surface area contributed by atoms with Crippen LogP contribution < -0.4 is 0 Å². The van der Waals surface area contributed by atoms with Crippen LogP contribution in [0.5, 0.6) is 0 Å². The standard InChI is InChI=1S/C15H17FO2/c16-14-3-1-12(2-4-14)11-13-5-7-15(8-6-13)17-9-10-18-15/h1-4,11H,5-10H2. The van der Waals surface area contributed by atoms with Gasteiger partial charge in [0.15, 0.2) is 5.79 Å². The second-order valence-corrected chi connectivity index (χ2v) is 4.96. The van der Waals surface area contributed by atoms with E-state index >= 15 is 0 Å². The molecule has 1 aliphatic carbocycles. The van der Waals surface area contributed by atoms with Crippen LogP contribution in [0.25, 0.3) is 6.08 Å². The summed E-state index contributed by atoms with van der Waals surface area (Å²) in [5.74, 6) is -0.493. The molecule has 2 fully saturated rings. The first kappa shape index (κ1) is 11.9. The normalized spacial score (nSPS) is 22.4. The predicted molar refractivity (Wildman–Crippen MR) is 67.5 cm³/mol. The van der Waals surface area contributed by atoms with Gasteiger partial charge in [-0.05, 0) is 30.5 Å². The van der Waals surface area contributed by atoms with E-state index in [9.17, 15) is 4.39 Å². The summed E-state index contributed by atoms with van der Waals surface area (Å²) in [6.07, 6.45) is 6.01. The smallest absolute Gasteiger partial charge is 0.169 e. The Morgan fingerprint density at radius 1 is 1.00 bits per heavy atom. The third kappa shape index (κ3) is 2.47. The number of rotatable bonds is 1. The van der Waals surface area contributed by atoms with Crippen LogP contribution in [-0.4, -0.2) is 19.0 Å². The van der Waals surface area contributed by atoms with Gasteiger partial charge in [-0.2, -0.15) is 0 Å². The van der Waals surface area contributed by atoms with Gasteiger partial charge in [-0.1, -0.05) is 23.8 Å². The van der Waals surface area contributed by atoms with E-state index in [-0.39, 0.29) is 11.6 Å². The summed E-state index contributed by atoms with van der Waals surface area (Å²) in [5.41, 5.74) is 2.46. The van der Waals surface area contributed by atoms with Crippen LogP contribution in [0.4, 0.5) is 4.39 Å². The van der Waals surface area contributed by atoms with Gasteiger partial charge in [-0.3, -0.25) is 0 Å². The van der Waals surface area contributed by atoms with Gasteiger partial charge in [0, 0.05) is 12.8 Å². The van der Waals surface area contributed by atoms with Gasteiger partial charge >= 0.3 is 0 Å². The number of allylic oxidation sites excluding steroid dienone is 1. The average molecular weight is 248 g/mol. The molecular formula is C15H17FO2. The second-order valence-electron chi connectivity index (χ2n) is 4.96. The molecule has 1 heterocycles. The molecule has 0 bridgehead atoms. The van der Waals surface area contributed by atoms with E-state index in [1.807, 2.05) is 12.1 Å². The third-order valence-electron chi connectivity index (χ3n) is 3.71. The van der Waals surface area contributed by atoms with Crippen molar-refractivity contribution in [3.8, 4) is 0 Å². The van der Waals surface area contributed by atoms with E-state index < -0.39 is 0 Å². The van der Waals surface area contributed by atoms with Crippen LogP contribution >= 0.6 is 0 Å². The lowest BCUT2D eigenvalue weighted by Gasteiger charge is -2.32. The summed E-state index contributed by atoms with van der Waals surface area (Å²) >= 11 is 0. The molecular weight excluding hydrogens is 231 g/mol. The highest BCUT2D eigenvalue weighted by Gasteiger charge is 2.38. The zero-order valence-electron chi connectivity index (χ0n) is 10.3. The molecule has 0 radical (unpaired) electrons. The topological polar surface area (TPSA) is 18.5 Å². The Kier molecular flexibility index (Phi) is 3.18. The van der Waals surface area contributed by atoms with Crippen LogP contribution in [0.3, 0.4) is 0 Å². The lowest BCUT2D eigenvalue weighted by atomic mass is 9.88. The Morgan fingerprint density at radius 2 is 1.61 bits per heavy atom. The van der Waals surface area contributed by atoms with E-state index in [0.717, 1.165) is 44.5 Å². The predicted octanol–water partition coefficient (Wildman–Crippen LogP) is 3.53. The van der Waals surface area contributed by atoms with E-state index in [0.29, 0.717) is 0 Å². The molecule has 0 amide bonds. The molecule has 1 spiro atoms. The molecule has 96 valence electrons. The molecule has 2 aliphatic rings. The number of hydrogen-bond acceptors (Lipinski definition) is 2. The molecule has 18 heavy (non-hydrogen) atoms. The van der Waals surface area contributed by atoms with Crippen molar-refractivity contribution < 1.29 is 13.9 Å². The van der Waals surface area contributed by atoms with Gasteiger partial charge in [-0.25, -0.2) is 4.39 Å². The molecule has 1 aromatic rings. The highest BCUT2D eigenvalue weighted by Crippen LogP contribution is 2.38. The zero-order valence-corrected chi connectivity index (χ0v) is 10.3. The van der Waals surface area contributed by atoms with Gasteiger partial charge < -0.3 is 9.47 Å². The van der Waals surface area contributed by atoms with Crippen molar-refractivity contribution in [2.45, 2.75) is 31.5 Å². The largest absolute Gasteiger partial charge is 0.348 e. The van der Waals surface area contributed by atoms with Crippen molar-refractivity contribution in [3.63, 3.8) is 0 Å². The van der Waals surface area contributed by atoms with Gasteiger partial charge in [0.05, 0.1) is 13.2 Å². The molecule has 3 rings (SSSR count). The van der Waals surface area contributed by atoms with Crippen LogP contribution in [-0.2, 0) is 9.47 Å². The Labute approximate surface area is 106 Å². The first-order valence-electron chi connectivity index (χ1n) is 6.49. The summed E-state index contributed by atoms with van der Waals surface area (Å²) in [6.45, 7) is 1.44. The first-order valence-corrected chi connectivity index (χ1v) is 6.49. The molecule has 1 aromatic carbocycles. The molecule has 1 saturated heterocycles. The maximum atomic E-state index is 12.8. The van der Waals surface area contributed by atoms with Crippen LogP contribution in [0.1, 0.15) is 31.2 Å². The Balaban J connectivity index is 1.67. The van der Waals surface area contributed by atoms with Gasteiger partial charge in [0.2, 0.25) is 0 Å². The highest BCUT2D eigenvalue weighted by atomic mass is 19.1. The van der Waals surface area contributed by atoms with Crippen molar-refractivity contribution in [2.75, 3.05) is 13.2 Å². The lowest BCUT2D eigenvalue weighted by molar-refractivity contribution is -0.171. The Hall–Kier alpha value is -1.19. The van der Waals surface area contributed by atoms with Crippen molar-refractivity contribution in [2.24, 2.45) is 0 Å². The van der Waals surface area contributed by atoms with Crippen molar-refractivity contribution in [1.82, 2.24) is 0 Å². The van der Waals surface area contributed by atoms with Crippen molar-refractivity contribution in [1.29, 1.82) is 0 Å². The van der Waals surface area contributed by atoms with Crippen LogP contribution in [0.15, 0.2) is 29.8 Å². The summed E-state index contributed by atoms with van der Waals surface area (Å²) in [6, 6.07) is 6.63. The molecule has 2 nitrogen and oxygen atoms in total. The van der Waals surface area contributed by atoms with Crippen molar-refractivity contribution >= 4 is 6.08 Å². The summed E-state index contributed by atoms with van der Waals surface area (Å²) in [5, 5.41) is 0. The molecule has 0 unspecified atom stereocenters. The molecule has 1 saturated carbocycles. The minimum Gasteiger partial charge on any atom is -0.348 e. The van der Waals surface area contributed by atoms with Gasteiger partial charge in [0.25, 0.3) is 0 Å². The van der Waals surface area contributed by atoms with Crippen molar-refractivity contribution in [3.05, 3.63) is 41.2 Å². The number of ether oxygens (including phenoxy) is 2. The number of halogens is 1. The number of hydrogen-bond donors (Lipinski definition) is 0. The summed E-state index contributed by atoms with van der Waals surface area (Å²) < 4.78 is 24.2. The fourth-order valence-corrected chi connectivity index (χ4v) is 2.68. The third-order valence-corrected chi connectivity index (χ3v) is 3.71. The minimum absolute atomic E-state index is 0.187. The fourth-order valence-electron chi connectivity index (χ4n) is 2.68. The molecule has 0 aromatic heterocycles. The maximum Gasteiger partial charge on any atom is 0.169 e. The second kappa shape index (κ2) is 4.82. The monoisotopic (exact) mass is 248 g/mol. The summed E-state index contributed by atoms with van der Waals surface area (Å²) in [7, 11) is 0. The van der Waals surface area contributed by atoms with Crippen LogP contribution in [0, 0.1) is 5.82 Å². The zero-order chi connectivity index (χ0) is 12.4. The van der Waals surface area contributed by atoms with E-state index in [2.05, 4.69) is 6.08 Å². The quantitative estimate of drug-likeness (QED) is 0.757. The van der Waals surface area contributed by atoms with E-state index in [1.54, 1.807) is 0 Å². The van der Waals surface area contributed by atoms with E-state index in [4.69, 9.17) is 9.47 Å². The lowest BCUT2D eigenvalue weighted by Crippen LogP contribution is -2.33. The van der Waals surface area contributed by atoms with Gasteiger partial charge in [-0.15, -0.1) is 0 Å². The SMILES string of the molecule is Fc1ccc(C=C2CCC3(CC2)OCCO3)cc1. The molecule has 0 N–H and O–H groups in total. The first-order chi connectivity index (χ1) is 8.76. The average Bonchev–Trinajstić information content (AvgIpc) is 2.84. The maximum absolute atomic E-state index is 12.8. The molecule has 3 heteroatoms. The van der Waals surface area contributed by atoms with Crippen LogP contribution in [0.2, 0.25) is 0 Å². The number of benzene rings is 1. The molecule has 0 atom stereocenters. The Bertz CT molecular complexity index is 432. The minimum atomic E-state index is -0.305. The van der Waals surface area contributed by atoms with E-state index in [1.165, 1.54) is 17.7 Å². The van der Waals surface area contributed by atoms with Gasteiger partial charge in [0.1, 0.15) is 5.82 Å². The highest BCUT2D eigenvalue weighted by molar-refractivity contribution is 5.53.